The first-order valence-corrected chi connectivity index (χ1v) is 1.63. The fourth-order valence-corrected chi connectivity index (χ4v) is 0.0707. The van der Waals surface area contributed by atoms with Crippen molar-refractivity contribution in [3.8, 4) is 0 Å². The van der Waals surface area contributed by atoms with Gasteiger partial charge in [0.1, 0.15) is 0 Å². The van der Waals surface area contributed by atoms with Gasteiger partial charge >= 0.3 is 0 Å². The zero-order valence-corrected chi connectivity index (χ0v) is 3.02. The number of hydrogen-bond acceptors (Lipinski definition) is 0. The van der Waals surface area contributed by atoms with Crippen LogP contribution in [0.25, 0.3) is 0 Å². The Balaban J connectivity index is 2.19. The van der Waals surface area contributed by atoms with Gasteiger partial charge in [0.2, 0.25) is 0 Å². The van der Waals surface area contributed by atoms with Crippen LogP contribution < -0.4 is 11.5 Å². The summed E-state index contributed by atoms with van der Waals surface area (Å²) in [6.07, 6.45) is 0.500. The Hall–Kier alpha value is -0.0800. The summed E-state index contributed by atoms with van der Waals surface area (Å²) < 4.78 is 0. The van der Waals surface area contributed by atoms with Crippen molar-refractivity contribution in [2.24, 2.45) is 0 Å². The molecule has 0 aromatic carbocycles. The van der Waals surface area contributed by atoms with Crippen molar-refractivity contribution < 1.29 is 0 Å². The summed E-state index contributed by atoms with van der Waals surface area (Å²) in [5, 5.41) is 0. The van der Waals surface area contributed by atoms with Crippen LogP contribution in [0.4, 0.5) is 0 Å². The van der Waals surface area contributed by atoms with E-state index in [-0.39, 0.29) is 13.1 Å². The van der Waals surface area contributed by atoms with Gasteiger partial charge in [-0.15, -0.1) is 11.5 Å². The molecule has 0 saturated carbocycles. The molecule has 0 aliphatic heterocycles. The first kappa shape index (κ1) is 4.92. The lowest BCUT2D eigenvalue weighted by Gasteiger charge is -1.75. The Kier molecular flexibility index (Phi) is 3.86. The summed E-state index contributed by atoms with van der Waals surface area (Å²) in [5.41, 5.74) is 15.8. The highest BCUT2D eigenvalue weighted by Gasteiger charge is 1.72. The fraction of sp³-hybridized carbons (Fsp3) is 1.00. The van der Waals surface area contributed by atoms with E-state index in [9.17, 15) is 0 Å². The van der Waals surface area contributed by atoms with Gasteiger partial charge in [-0.2, -0.15) is 0 Å². The molecule has 0 atom stereocenters. The minimum atomic E-state index is 0.0938. The highest BCUT2D eigenvalue weighted by atomic mass is 14.6. The van der Waals surface area contributed by atoms with E-state index in [1.807, 2.05) is 0 Å². The summed E-state index contributed by atoms with van der Waals surface area (Å²) in [7, 11) is 0. The number of rotatable bonds is 2. The zero-order valence-electron chi connectivity index (χ0n) is 3.02. The van der Waals surface area contributed by atoms with Crippen molar-refractivity contribution in [2.75, 3.05) is 13.1 Å². The van der Waals surface area contributed by atoms with Crippen LogP contribution in [0, 0.1) is 0 Å². The van der Waals surface area contributed by atoms with Crippen molar-refractivity contribution in [2.45, 2.75) is 6.42 Å². The largest absolute Gasteiger partial charge is 0.145 e. The second-order valence-electron chi connectivity index (χ2n) is 0.801. The quantitative estimate of drug-likeness (QED) is 0.421. The monoisotopic (exact) mass is 70.1 g/mol. The topological polar surface area (TPSA) is 44.6 Å². The second kappa shape index (κ2) is 3.92. The molecule has 4 radical (unpaired) electrons. The van der Waals surface area contributed by atoms with Gasteiger partial charge in [-0.3, -0.25) is 0 Å². The van der Waals surface area contributed by atoms with Crippen LogP contribution >= 0.6 is 0 Å². The van der Waals surface area contributed by atoms with Gasteiger partial charge < -0.3 is 0 Å². The molecule has 5 heavy (non-hydrogen) atoms. The lowest BCUT2D eigenvalue weighted by atomic mass is 10.4. The summed E-state index contributed by atoms with van der Waals surface area (Å²) in [6.45, 7) is 0.188. The molecule has 0 rings (SSSR count). The van der Waals surface area contributed by atoms with E-state index in [1.165, 1.54) is 0 Å². The Bertz CT molecular complexity index is 12.4. The maximum absolute atomic E-state index is 7.91. The molecule has 28 valence electrons. The SMILES string of the molecule is [N]CCC[N]. The third-order valence-electron chi connectivity index (χ3n) is 0.316. The standard InChI is InChI=1S/C3H6N2/c4-2-1-3-5/h1-3H2. The molecule has 0 amide bonds. The maximum Gasteiger partial charge on any atom is 0.0334 e. The normalized spacial score (nSPS) is 8.40. The molecular formula is C3H6N2. The smallest absolute Gasteiger partial charge is 0.0334 e. The van der Waals surface area contributed by atoms with E-state index >= 15 is 0 Å². The molecule has 2 heteroatoms. The third-order valence-corrected chi connectivity index (χ3v) is 0.316. The average molecular weight is 70.1 g/mol. The van der Waals surface area contributed by atoms with Crippen LogP contribution in [-0.4, -0.2) is 13.1 Å². The Morgan fingerprint density at radius 2 is 1.40 bits per heavy atom. The molecule has 0 heterocycles. The molecule has 0 unspecified atom stereocenters. The van der Waals surface area contributed by atoms with Crippen LogP contribution in [0.2, 0.25) is 0 Å². The van der Waals surface area contributed by atoms with Crippen LogP contribution in [0.5, 0.6) is 0 Å². The Morgan fingerprint density at radius 1 is 1.00 bits per heavy atom. The van der Waals surface area contributed by atoms with Crippen molar-refractivity contribution in [3.05, 3.63) is 0 Å². The summed E-state index contributed by atoms with van der Waals surface area (Å²) in [4.78, 5) is 0. The lowest BCUT2D eigenvalue weighted by Crippen LogP contribution is -1.89. The van der Waals surface area contributed by atoms with Crippen molar-refractivity contribution >= 4 is 0 Å². The molecule has 0 aliphatic rings. The van der Waals surface area contributed by atoms with Gasteiger partial charge in [-0.1, -0.05) is 0 Å². The van der Waals surface area contributed by atoms with E-state index in [1.54, 1.807) is 0 Å². The molecule has 0 fully saturated rings. The highest BCUT2D eigenvalue weighted by molar-refractivity contribution is 4.32. The molecular weight excluding hydrogens is 64.0 g/mol. The molecule has 0 saturated heterocycles. The van der Waals surface area contributed by atoms with Gasteiger partial charge in [-0.05, 0) is 6.42 Å². The van der Waals surface area contributed by atoms with E-state index in [0.717, 1.165) is 0 Å². The molecule has 0 N–H and O–H groups in total. The lowest BCUT2D eigenvalue weighted by molar-refractivity contribution is 0.814. The number of nitrogens with zero attached hydrogens (tertiary/aromatic N) is 2. The molecule has 0 bridgehead atoms. The highest BCUT2D eigenvalue weighted by Crippen LogP contribution is 1.63. The second-order valence-corrected chi connectivity index (χ2v) is 0.801. The van der Waals surface area contributed by atoms with E-state index in [4.69, 9.17) is 11.5 Å². The first-order chi connectivity index (χ1) is 2.41. The van der Waals surface area contributed by atoms with Gasteiger partial charge in [0.15, 0.2) is 0 Å². The van der Waals surface area contributed by atoms with Gasteiger partial charge in [0.25, 0.3) is 0 Å². The minimum absolute atomic E-state index is 0.0938. The molecule has 0 spiro atoms. The third kappa shape index (κ3) is 3.92. The van der Waals surface area contributed by atoms with Crippen molar-refractivity contribution in [1.29, 1.82) is 0 Å². The molecule has 2 nitrogen and oxygen atoms in total. The van der Waals surface area contributed by atoms with E-state index in [0.29, 0.717) is 6.42 Å². The predicted octanol–water partition coefficient (Wildman–Crippen LogP) is -0.486. The molecule has 0 aromatic rings. The average Bonchev–Trinajstić information content (AvgIpc) is 1.41. The van der Waals surface area contributed by atoms with Gasteiger partial charge in [-0.25, -0.2) is 0 Å². The first-order valence-electron chi connectivity index (χ1n) is 1.63. The minimum Gasteiger partial charge on any atom is -0.145 e. The maximum atomic E-state index is 7.91. The van der Waals surface area contributed by atoms with Crippen molar-refractivity contribution in [3.63, 3.8) is 0 Å². The molecule has 0 aliphatic carbocycles. The van der Waals surface area contributed by atoms with Crippen LogP contribution in [0.3, 0.4) is 0 Å². The Morgan fingerprint density at radius 3 is 1.40 bits per heavy atom. The summed E-state index contributed by atoms with van der Waals surface area (Å²) in [6, 6.07) is 0. The number of hydrogen-bond donors (Lipinski definition) is 0. The zero-order chi connectivity index (χ0) is 4.12. The summed E-state index contributed by atoms with van der Waals surface area (Å²) in [5.74, 6) is 0. The van der Waals surface area contributed by atoms with Crippen LogP contribution in [0.1, 0.15) is 6.42 Å². The predicted molar refractivity (Wildman–Crippen MR) is 18.6 cm³/mol. The van der Waals surface area contributed by atoms with Crippen molar-refractivity contribution in [1.82, 2.24) is 11.5 Å². The molecule has 0 aromatic heterocycles. The van der Waals surface area contributed by atoms with Gasteiger partial charge in [0.05, 0.1) is 0 Å². The van der Waals surface area contributed by atoms with Gasteiger partial charge in [0, 0.05) is 13.1 Å². The van der Waals surface area contributed by atoms with Crippen LogP contribution in [-0.2, 0) is 0 Å². The fourth-order valence-electron chi connectivity index (χ4n) is 0.0707. The van der Waals surface area contributed by atoms with Crippen LogP contribution in [0.15, 0.2) is 0 Å². The Labute approximate surface area is 32.1 Å². The van der Waals surface area contributed by atoms with E-state index in [2.05, 4.69) is 0 Å². The summed E-state index contributed by atoms with van der Waals surface area (Å²) >= 11 is 0. The van der Waals surface area contributed by atoms with E-state index < -0.39 is 0 Å².